The average Bonchev–Trinajstić information content (AvgIpc) is 2.73. The molecule has 2 aromatic rings. The van der Waals surface area contributed by atoms with Crippen LogP contribution in [0.4, 0.5) is 5.69 Å². The van der Waals surface area contributed by atoms with Gasteiger partial charge in [-0.15, -0.1) is 0 Å². The molecule has 0 aliphatic rings. The maximum Gasteiger partial charge on any atom is 0.328 e. The van der Waals surface area contributed by atoms with Gasteiger partial charge in [0.25, 0.3) is 5.69 Å². The van der Waals surface area contributed by atoms with Gasteiger partial charge in [-0.3, -0.25) is 19.7 Å². The van der Waals surface area contributed by atoms with E-state index < -0.39 is 28.9 Å². The van der Waals surface area contributed by atoms with Crippen molar-refractivity contribution in [3.05, 3.63) is 75.8 Å². The molecule has 0 unspecified atom stereocenters. The molecule has 2 rings (SSSR count). The number of benzene rings is 2. The Balaban J connectivity index is 2.15. The van der Waals surface area contributed by atoms with Crippen molar-refractivity contribution >= 4 is 23.5 Å². The van der Waals surface area contributed by atoms with Gasteiger partial charge in [-0.05, 0) is 11.1 Å². The molecule has 0 bridgehead atoms. The average molecular weight is 413 g/mol. The van der Waals surface area contributed by atoms with E-state index >= 15 is 0 Å². The maximum absolute atomic E-state index is 12.8. The molecule has 158 valence electrons. The number of rotatable bonds is 9. The molecule has 0 fully saturated rings. The van der Waals surface area contributed by atoms with Crippen LogP contribution in [-0.4, -0.2) is 41.9 Å². The molecule has 2 aromatic carbocycles. The van der Waals surface area contributed by atoms with Crippen molar-refractivity contribution in [1.29, 1.82) is 0 Å². The number of hydrogen-bond donors (Lipinski definition) is 2. The summed E-state index contributed by atoms with van der Waals surface area (Å²) in [5.74, 6) is -1.58. The van der Waals surface area contributed by atoms with E-state index in [0.29, 0.717) is 5.56 Å². The third kappa shape index (κ3) is 6.69. The van der Waals surface area contributed by atoms with E-state index in [9.17, 15) is 24.5 Å². The van der Waals surface area contributed by atoms with Crippen molar-refractivity contribution in [3.63, 3.8) is 0 Å². The summed E-state index contributed by atoms with van der Waals surface area (Å²) in [6, 6.07) is 12.9. The maximum atomic E-state index is 12.8. The number of ether oxygens (including phenoxy) is 1. The number of amides is 2. The van der Waals surface area contributed by atoms with Gasteiger partial charge in [0.15, 0.2) is 0 Å². The van der Waals surface area contributed by atoms with Crippen LogP contribution in [0.1, 0.15) is 18.1 Å². The second-order valence-corrected chi connectivity index (χ2v) is 6.65. The highest BCUT2D eigenvalue weighted by atomic mass is 16.6. The summed E-state index contributed by atoms with van der Waals surface area (Å²) in [5.41, 5.74) is 1.37. The lowest BCUT2D eigenvalue weighted by Crippen LogP contribution is -2.53. The standard InChI is InChI=1S/C21H23N3O6/c1-14(25)22-18(12-15-6-4-3-5-7-15)20(26)23-19(21(27)30-2)13-16-8-10-17(11-9-16)24(28)29/h3-11,18-19H,12-13H2,1-2H3,(H,22,25)(H,23,26)/t18-,19-/m1/s1. The van der Waals surface area contributed by atoms with Crippen LogP contribution >= 0.6 is 0 Å². The number of nitro groups is 1. The van der Waals surface area contributed by atoms with Crippen LogP contribution in [0.25, 0.3) is 0 Å². The summed E-state index contributed by atoms with van der Waals surface area (Å²) in [4.78, 5) is 46.9. The zero-order valence-electron chi connectivity index (χ0n) is 16.7. The van der Waals surface area contributed by atoms with Crippen LogP contribution in [0.2, 0.25) is 0 Å². The van der Waals surface area contributed by atoms with Gasteiger partial charge in [0.1, 0.15) is 12.1 Å². The first kappa shape index (κ1) is 22.5. The summed E-state index contributed by atoms with van der Waals surface area (Å²) >= 11 is 0. The van der Waals surface area contributed by atoms with Gasteiger partial charge in [0.2, 0.25) is 11.8 Å². The van der Waals surface area contributed by atoms with Crippen LogP contribution in [0.5, 0.6) is 0 Å². The Hall–Kier alpha value is -3.75. The van der Waals surface area contributed by atoms with Crippen LogP contribution in [0.3, 0.4) is 0 Å². The highest BCUT2D eigenvalue weighted by molar-refractivity contribution is 5.90. The quantitative estimate of drug-likeness (QED) is 0.365. The van der Waals surface area contributed by atoms with Crippen LogP contribution in [0, 0.1) is 10.1 Å². The first-order chi connectivity index (χ1) is 14.3. The molecule has 0 aliphatic heterocycles. The van der Waals surface area contributed by atoms with Gasteiger partial charge in [-0.25, -0.2) is 4.79 Å². The summed E-state index contributed by atoms with van der Waals surface area (Å²) in [6.45, 7) is 1.31. The number of esters is 1. The van der Waals surface area contributed by atoms with Crippen molar-refractivity contribution in [1.82, 2.24) is 10.6 Å². The fourth-order valence-corrected chi connectivity index (χ4v) is 2.90. The van der Waals surface area contributed by atoms with E-state index in [1.807, 2.05) is 30.3 Å². The molecule has 0 saturated carbocycles. The SMILES string of the molecule is COC(=O)[C@@H](Cc1ccc([N+](=O)[O-])cc1)NC(=O)[C@@H](Cc1ccccc1)NC(C)=O. The van der Waals surface area contributed by atoms with E-state index in [2.05, 4.69) is 10.6 Å². The topological polar surface area (TPSA) is 128 Å². The van der Waals surface area contributed by atoms with Gasteiger partial charge >= 0.3 is 5.97 Å². The molecule has 0 spiro atoms. The van der Waals surface area contributed by atoms with Gasteiger partial charge < -0.3 is 15.4 Å². The smallest absolute Gasteiger partial charge is 0.328 e. The Bertz CT molecular complexity index is 899. The molecule has 0 heterocycles. The Morgan fingerprint density at radius 2 is 1.50 bits per heavy atom. The minimum atomic E-state index is -1.02. The second kappa shape index (κ2) is 10.7. The van der Waals surface area contributed by atoms with Crippen molar-refractivity contribution in [2.24, 2.45) is 0 Å². The molecule has 30 heavy (non-hydrogen) atoms. The van der Waals surface area contributed by atoms with E-state index in [1.54, 1.807) is 0 Å². The number of nitro benzene ring substituents is 1. The fraction of sp³-hybridized carbons (Fsp3) is 0.286. The van der Waals surface area contributed by atoms with Crippen molar-refractivity contribution < 1.29 is 24.0 Å². The Kier molecular flexibility index (Phi) is 8.04. The summed E-state index contributed by atoms with van der Waals surface area (Å²) < 4.78 is 4.78. The molecular weight excluding hydrogens is 390 g/mol. The number of nitrogens with zero attached hydrogens (tertiary/aromatic N) is 1. The molecular formula is C21H23N3O6. The second-order valence-electron chi connectivity index (χ2n) is 6.65. The molecule has 9 heteroatoms. The van der Waals surface area contributed by atoms with E-state index in [1.165, 1.54) is 38.3 Å². The third-order valence-corrected chi connectivity index (χ3v) is 4.37. The number of nitrogens with one attached hydrogen (secondary N) is 2. The minimum Gasteiger partial charge on any atom is -0.467 e. The third-order valence-electron chi connectivity index (χ3n) is 4.37. The number of non-ortho nitro benzene ring substituents is 1. The molecule has 0 radical (unpaired) electrons. The molecule has 2 N–H and O–H groups in total. The zero-order chi connectivity index (χ0) is 22.1. The van der Waals surface area contributed by atoms with E-state index in [0.717, 1.165) is 5.56 Å². The first-order valence-electron chi connectivity index (χ1n) is 9.22. The number of methoxy groups -OCH3 is 1. The van der Waals surface area contributed by atoms with E-state index in [4.69, 9.17) is 4.74 Å². The molecule has 9 nitrogen and oxygen atoms in total. The minimum absolute atomic E-state index is 0.0778. The Morgan fingerprint density at radius 3 is 2.03 bits per heavy atom. The number of carbonyl (C=O) groups is 3. The van der Waals surface area contributed by atoms with Crippen LogP contribution < -0.4 is 10.6 Å². The Morgan fingerprint density at radius 1 is 0.933 bits per heavy atom. The van der Waals surface area contributed by atoms with Crippen LogP contribution in [0.15, 0.2) is 54.6 Å². The highest BCUT2D eigenvalue weighted by Gasteiger charge is 2.27. The van der Waals surface area contributed by atoms with Gasteiger partial charge in [-0.1, -0.05) is 42.5 Å². The first-order valence-corrected chi connectivity index (χ1v) is 9.22. The van der Waals surface area contributed by atoms with Crippen molar-refractivity contribution in [3.8, 4) is 0 Å². The van der Waals surface area contributed by atoms with Crippen LogP contribution in [-0.2, 0) is 32.0 Å². The Labute approximate surface area is 173 Å². The zero-order valence-corrected chi connectivity index (χ0v) is 16.7. The predicted molar refractivity (Wildman–Crippen MR) is 108 cm³/mol. The molecule has 2 atom stereocenters. The lowest BCUT2D eigenvalue weighted by molar-refractivity contribution is -0.384. The summed E-state index contributed by atoms with van der Waals surface area (Å²) in [6.07, 6.45) is 0.326. The van der Waals surface area contributed by atoms with Crippen molar-refractivity contribution in [2.75, 3.05) is 7.11 Å². The largest absolute Gasteiger partial charge is 0.467 e. The molecule has 2 amide bonds. The fourth-order valence-electron chi connectivity index (χ4n) is 2.90. The molecule has 0 aliphatic carbocycles. The lowest BCUT2D eigenvalue weighted by Gasteiger charge is -2.22. The molecule has 0 saturated heterocycles. The van der Waals surface area contributed by atoms with E-state index in [-0.39, 0.29) is 24.4 Å². The number of carbonyl (C=O) groups excluding carboxylic acids is 3. The molecule has 0 aromatic heterocycles. The van der Waals surface area contributed by atoms with Gasteiger partial charge in [-0.2, -0.15) is 0 Å². The lowest BCUT2D eigenvalue weighted by atomic mass is 10.0. The van der Waals surface area contributed by atoms with Gasteiger partial charge in [0, 0.05) is 31.9 Å². The van der Waals surface area contributed by atoms with Gasteiger partial charge in [0.05, 0.1) is 12.0 Å². The summed E-state index contributed by atoms with van der Waals surface area (Å²) in [7, 11) is 1.20. The normalized spacial score (nSPS) is 12.3. The monoisotopic (exact) mass is 413 g/mol. The highest BCUT2D eigenvalue weighted by Crippen LogP contribution is 2.14. The van der Waals surface area contributed by atoms with Crippen molar-refractivity contribution in [2.45, 2.75) is 31.8 Å². The number of hydrogen-bond acceptors (Lipinski definition) is 6. The summed E-state index contributed by atoms with van der Waals surface area (Å²) in [5, 5.41) is 16.0. The predicted octanol–water partition coefficient (Wildman–Crippen LogP) is 1.54.